The molecule has 0 radical (unpaired) electrons. The van der Waals surface area contributed by atoms with Crippen LogP contribution < -0.4 is 10.1 Å². The van der Waals surface area contributed by atoms with Gasteiger partial charge in [0.25, 0.3) is 0 Å². The first-order valence-electron chi connectivity index (χ1n) is 8.83. The van der Waals surface area contributed by atoms with Crippen LogP contribution in [0.15, 0.2) is 63.5 Å². The van der Waals surface area contributed by atoms with Crippen LogP contribution in [-0.4, -0.2) is 0 Å². The summed E-state index contributed by atoms with van der Waals surface area (Å²) in [5.41, 5.74) is 4.45. The molecule has 3 aromatic rings. The molecule has 146 valence electrons. The Balaban J connectivity index is 1.66. The van der Waals surface area contributed by atoms with Gasteiger partial charge in [-0.3, -0.25) is 0 Å². The van der Waals surface area contributed by atoms with Gasteiger partial charge >= 0.3 is 0 Å². The maximum absolute atomic E-state index is 6.22. The fourth-order valence-corrected chi connectivity index (χ4v) is 4.68. The fourth-order valence-electron chi connectivity index (χ4n) is 2.70. The maximum Gasteiger partial charge on any atom is 0.148 e. The summed E-state index contributed by atoms with van der Waals surface area (Å²) in [6.07, 6.45) is 1.04. The number of anilines is 1. The molecule has 0 amide bonds. The number of benzene rings is 3. The Morgan fingerprint density at radius 2 is 1.57 bits per heavy atom. The normalized spacial score (nSPS) is 10.8. The fraction of sp³-hybridized carbons (Fsp3) is 0.182. The Morgan fingerprint density at radius 1 is 0.893 bits per heavy atom. The summed E-state index contributed by atoms with van der Waals surface area (Å²) >= 11 is 19.4. The van der Waals surface area contributed by atoms with Gasteiger partial charge in [-0.1, -0.05) is 48.3 Å². The van der Waals surface area contributed by atoms with E-state index in [9.17, 15) is 0 Å². The van der Waals surface area contributed by atoms with E-state index in [0.29, 0.717) is 23.2 Å². The van der Waals surface area contributed by atoms with Gasteiger partial charge in [-0.05, 0) is 85.8 Å². The Bertz CT molecular complexity index is 938. The van der Waals surface area contributed by atoms with Crippen molar-refractivity contribution in [3.05, 3.63) is 90.3 Å². The van der Waals surface area contributed by atoms with Crippen LogP contribution in [0, 0.1) is 0 Å². The minimum absolute atomic E-state index is 0.356. The van der Waals surface area contributed by atoms with E-state index in [1.54, 1.807) is 12.1 Å². The van der Waals surface area contributed by atoms with Gasteiger partial charge in [-0.25, -0.2) is 0 Å². The predicted molar refractivity (Wildman–Crippen MR) is 126 cm³/mol. The van der Waals surface area contributed by atoms with Gasteiger partial charge in [-0.2, -0.15) is 0 Å². The lowest BCUT2D eigenvalue weighted by atomic mass is 10.1. The maximum atomic E-state index is 6.22. The topological polar surface area (TPSA) is 21.3 Å². The van der Waals surface area contributed by atoms with Crippen LogP contribution in [-0.2, 0) is 19.6 Å². The molecule has 0 aliphatic rings. The molecule has 0 atom stereocenters. The van der Waals surface area contributed by atoms with Crippen molar-refractivity contribution in [1.82, 2.24) is 0 Å². The molecule has 0 fully saturated rings. The molecule has 0 saturated heterocycles. The SMILES string of the molecule is CCc1ccc(NCc2cc(Br)c(OCc3ccc(Cl)cc3Cl)c(Br)c2)cc1. The van der Waals surface area contributed by atoms with Crippen molar-refractivity contribution < 1.29 is 4.74 Å². The molecular weight excluding hydrogens is 525 g/mol. The van der Waals surface area contributed by atoms with E-state index < -0.39 is 0 Å². The molecule has 0 unspecified atom stereocenters. The highest BCUT2D eigenvalue weighted by atomic mass is 79.9. The van der Waals surface area contributed by atoms with Crippen molar-refractivity contribution >= 4 is 60.7 Å². The molecule has 0 bridgehead atoms. The molecule has 3 aromatic carbocycles. The first-order valence-corrected chi connectivity index (χ1v) is 11.2. The van der Waals surface area contributed by atoms with Crippen LogP contribution in [0.1, 0.15) is 23.6 Å². The predicted octanol–water partition coefficient (Wildman–Crippen LogP) is 8.27. The molecule has 0 spiro atoms. The summed E-state index contributed by atoms with van der Waals surface area (Å²) in [5.74, 6) is 0.738. The van der Waals surface area contributed by atoms with Gasteiger partial charge in [0.05, 0.1) is 8.95 Å². The lowest BCUT2D eigenvalue weighted by Gasteiger charge is -2.14. The monoisotopic (exact) mass is 541 g/mol. The van der Waals surface area contributed by atoms with Gasteiger partial charge in [0, 0.05) is 27.8 Å². The van der Waals surface area contributed by atoms with Crippen molar-refractivity contribution in [2.24, 2.45) is 0 Å². The molecule has 0 aliphatic heterocycles. The van der Waals surface area contributed by atoms with E-state index >= 15 is 0 Å². The molecule has 0 aromatic heterocycles. The molecule has 1 N–H and O–H groups in total. The number of hydrogen-bond donors (Lipinski definition) is 1. The summed E-state index contributed by atoms with van der Waals surface area (Å²) in [6.45, 7) is 3.22. The lowest BCUT2D eigenvalue weighted by molar-refractivity contribution is 0.302. The third-order valence-electron chi connectivity index (χ3n) is 4.30. The minimum Gasteiger partial charge on any atom is -0.486 e. The van der Waals surface area contributed by atoms with Crippen molar-refractivity contribution in [3.8, 4) is 5.75 Å². The van der Waals surface area contributed by atoms with Gasteiger partial charge in [-0.15, -0.1) is 0 Å². The summed E-state index contributed by atoms with van der Waals surface area (Å²) < 4.78 is 7.74. The average molecular weight is 544 g/mol. The van der Waals surface area contributed by atoms with Crippen LogP contribution in [0.4, 0.5) is 5.69 Å². The van der Waals surface area contributed by atoms with E-state index in [1.165, 1.54) is 5.56 Å². The summed E-state index contributed by atoms with van der Waals surface area (Å²) in [4.78, 5) is 0. The van der Waals surface area contributed by atoms with Gasteiger partial charge in [0.2, 0.25) is 0 Å². The zero-order valence-electron chi connectivity index (χ0n) is 15.2. The third-order valence-corrected chi connectivity index (χ3v) is 6.07. The number of nitrogens with one attached hydrogen (secondary N) is 1. The van der Waals surface area contributed by atoms with Crippen LogP contribution in [0.2, 0.25) is 10.0 Å². The smallest absolute Gasteiger partial charge is 0.148 e. The second-order valence-electron chi connectivity index (χ2n) is 6.32. The minimum atomic E-state index is 0.356. The summed E-state index contributed by atoms with van der Waals surface area (Å²) in [7, 11) is 0. The summed E-state index contributed by atoms with van der Waals surface area (Å²) in [5, 5.41) is 4.65. The highest BCUT2D eigenvalue weighted by Crippen LogP contribution is 2.36. The van der Waals surface area contributed by atoms with Crippen LogP contribution >= 0.6 is 55.1 Å². The van der Waals surface area contributed by atoms with Crippen LogP contribution in [0.5, 0.6) is 5.75 Å². The zero-order chi connectivity index (χ0) is 20.1. The second kappa shape index (κ2) is 10.0. The van der Waals surface area contributed by atoms with Crippen molar-refractivity contribution in [2.75, 3.05) is 5.32 Å². The highest BCUT2D eigenvalue weighted by Gasteiger charge is 2.11. The first kappa shape index (κ1) is 21.5. The van der Waals surface area contributed by atoms with E-state index in [2.05, 4.69) is 80.5 Å². The molecule has 3 rings (SSSR count). The van der Waals surface area contributed by atoms with Crippen molar-refractivity contribution in [1.29, 1.82) is 0 Å². The lowest BCUT2D eigenvalue weighted by Crippen LogP contribution is -2.02. The Labute approximate surface area is 192 Å². The number of ether oxygens (including phenoxy) is 1. The average Bonchev–Trinajstić information content (AvgIpc) is 2.67. The first-order chi connectivity index (χ1) is 13.5. The molecule has 0 saturated carbocycles. The standard InChI is InChI=1S/C22H19Br2Cl2NO/c1-2-14-3-7-18(8-4-14)27-12-15-9-19(23)22(20(24)10-15)28-13-16-5-6-17(25)11-21(16)26/h3-11,27H,2,12-13H2,1H3. The van der Waals surface area contributed by atoms with Crippen molar-refractivity contribution in [2.45, 2.75) is 26.5 Å². The van der Waals surface area contributed by atoms with E-state index in [-0.39, 0.29) is 0 Å². The molecule has 2 nitrogen and oxygen atoms in total. The molecule has 0 aliphatic carbocycles. The molecule has 6 heteroatoms. The highest BCUT2D eigenvalue weighted by molar-refractivity contribution is 9.11. The van der Waals surface area contributed by atoms with Crippen molar-refractivity contribution in [3.63, 3.8) is 0 Å². The van der Waals surface area contributed by atoms with Crippen LogP contribution in [0.25, 0.3) is 0 Å². The number of rotatable bonds is 7. The van der Waals surface area contributed by atoms with E-state index in [0.717, 1.165) is 37.9 Å². The Morgan fingerprint density at radius 3 is 2.18 bits per heavy atom. The number of halogens is 4. The van der Waals surface area contributed by atoms with Crippen LogP contribution in [0.3, 0.4) is 0 Å². The third kappa shape index (κ3) is 5.66. The Kier molecular flexibility index (Phi) is 7.69. The van der Waals surface area contributed by atoms with E-state index in [1.807, 2.05) is 6.07 Å². The second-order valence-corrected chi connectivity index (χ2v) is 8.87. The number of hydrogen-bond acceptors (Lipinski definition) is 2. The van der Waals surface area contributed by atoms with Gasteiger partial charge < -0.3 is 10.1 Å². The Hall–Kier alpha value is -1.20. The molecule has 28 heavy (non-hydrogen) atoms. The van der Waals surface area contributed by atoms with Gasteiger partial charge in [0.1, 0.15) is 12.4 Å². The van der Waals surface area contributed by atoms with Gasteiger partial charge in [0.15, 0.2) is 0 Å². The summed E-state index contributed by atoms with van der Waals surface area (Å²) in [6, 6.07) is 18.0. The zero-order valence-corrected chi connectivity index (χ0v) is 19.9. The number of aryl methyl sites for hydroxylation is 1. The molecule has 0 heterocycles. The van der Waals surface area contributed by atoms with E-state index in [4.69, 9.17) is 27.9 Å². The molecular formula is C22H19Br2Cl2NO. The largest absolute Gasteiger partial charge is 0.486 e. The quantitative estimate of drug-likeness (QED) is 0.324.